The molecule has 2 nitrogen and oxygen atoms in total. The number of carbonyl (C=O) groups excluding carboxylic acids is 1. The number of amides is 1. The van der Waals surface area contributed by atoms with Crippen LogP contribution in [-0.2, 0) is 4.79 Å². The van der Waals surface area contributed by atoms with Crippen molar-refractivity contribution >= 4 is 33.6 Å². The average Bonchev–Trinajstić information content (AvgIpc) is 2.18. The van der Waals surface area contributed by atoms with Crippen molar-refractivity contribution in [2.45, 2.75) is 32.1 Å². The number of rotatable bonds is 9. The summed E-state index contributed by atoms with van der Waals surface area (Å²) < 4.78 is 0. The van der Waals surface area contributed by atoms with E-state index in [1.54, 1.807) is 0 Å². The first-order valence-electron chi connectivity index (χ1n) is 5.13. The lowest BCUT2D eigenvalue weighted by Crippen LogP contribution is -2.24. The van der Waals surface area contributed by atoms with Crippen LogP contribution in [0, 0.1) is 0 Å². The molecule has 0 bridgehead atoms. The van der Waals surface area contributed by atoms with Crippen LogP contribution >= 0.6 is 27.7 Å². The summed E-state index contributed by atoms with van der Waals surface area (Å²) in [6.45, 7) is 0.841. The van der Waals surface area contributed by atoms with Gasteiger partial charge >= 0.3 is 0 Å². The van der Waals surface area contributed by atoms with Crippen LogP contribution in [0.4, 0.5) is 0 Å². The molecule has 0 radical (unpaired) electrons. The molecular formula is C10H20BrNOS. The smallest absolute Gasteiger partial charge is 0.219 e. The molecule has 0 aliphatic heterocycles. The first kappa shape index (κ1) is 14.3. The summed E-state index contributed by atoms with van der Waals surface area (Å²) in [4.78, 5) is 11.2. The fourth-order valence-electron chi connectivity index (χ4n) is 1.07. The Morgan fingerprint density at radius 1 is 1.29 bits per heavy atom. The summed E-state index contributed by atoms with van der Waals surface area (Å²) in [7, 11) is 0. The Hall–Kier alpha value is 0.300. The molecule has 0 aromatic heterocycles. The zero-order chi connectivity index (χ0) is 10.6. The molecule has 0 rings (SSSR count). The van der Waals surface area contributed by atoms with Crippen molar-refractivity contribution in [2.24, 2.45) is 0 Å². The van der Waals surface area contributed by atoms with Gasteiger partial charge in [0, 0.05) is 18.3 Å². The Labute approximate surface area is 99.7 Å². The van der Waals surface area contributed by atoms with Gasteiger partial charge in [0.2, 0.25) is 5.91 Å². The molecule has 0 saturated carbocycles. The number of halogens is 1. The van der Waals surface area contributed by atoms with Crippen LogP contribution in [0.5, 0.6) is 0 Å². The molecule has 14 heavy (non-hydrogen) atoms. The molecular weight excluding hydrogens is 262 g/mol. The minimum Gasteiger partial charge on any atom is -0.356 e. The first-order chi connectivity index (χ1) is 6.81. The Bertz CT molecular complexity index is 144. The van der Waals surface area contributed by atoms with E-state index in [0.29, 0.717) is 6.42 Å². The van der Waals surface area contributed by atoms with Gasteiger partial charge in [-0.15, -0.1) is 0 Å². The third-order valence-corrected chi connectivity index (χ3v) is 3.14. The van der Waals surface area contributed by atoms with Crippen LogP contribution in [-0.4, -0.2) is 29.8 Å². The number of nitrogens with one attached hydrogen (secondary N) is 1. The fourth-order valence-corrected chi connectivity index (χ4v) is 1.96. The average molecular weight is 282 g/mol. The second kappa shape index (κ2) is 11.4. The van der Waals surface area contributed by atoms with Crippen molar-refractivity contribution < 1.29 is 4.79 Å². The van der Waals surface area contributed by atoms with E-state index in [9.17, 15) is 4.79 Å². The van der Waals surface area contributed by atoms with Crippen molar-refractivity contribution in [2.75, 3.05) is 23.9 Å². The number of unbranched alkanes of at least 4 members (excludes halogenated alkanes) is 2. The maximum Gasteiger partial charge on any atom is 0.219 e. The minimum absolute atomic E-state index is 0.204. The molecule has 1 N–H and O–H groups in total. The number of carbonyl (C=O) groups is 1. The van der Waals surface area contributed by atoms with E-state index >= 15 is 0 Å². The molecule has 0 spiro atoms. The molecule has 84 valence electrons. The number of thioether (sulfide) groups is 1. The second-order valence-electron chi connectivity index (χ2n) is 3.20. The highest BCUT2D eigenvalue weighted by atomic mass is 79.9. The SMILES string of the molecule is CSCCCCNC(=O)CCCCBr. The molecule has 0 atom stereocenters. The monoisotopic (exact) mass is 281 g/mol. The number of alkyl halides is 1. The standard InChI is InChI=1S/C10H20BrNOS/c1-14-9-5-4-8-12-10(13)6-2-3-7-11/h2-9H2,1H3,(H,12,13). The molecule has 4 heteroatoms. The second-order valence-corrected chi connectivity index (χ2v) is 4.97. The van der Waals surface area contributed by atoms with Gasteiger partial charge in [-0.05, 0) is 37.7 Å². The number of hydrogen-bond donors (Lipinski definition) is 1. The van der Waals surface area contributed by atoms with Gasteiger partial charge in [0.15, 0.2) is 0 Å². The Kier molecular flexibility index (Phi) is 11.6. The predicted molar refractivity (Wildman–Crippen MR) is 68.3 cm³/mol. The molecule has 0 heterocycles. The van der Waals surface area contributed by atoms with Crippen LogP contribution in [0.25, 0.3) is 0 Å². The summed E-state index contributed by atoms with van der Waals surface area (Å²) in [6, 6.07) is 0. The highest BCUT2D eigenvalue weighted by Gasteiger charge is 1.99. The fraction of sp³-hybridized carbons (Fsp3) is 0.900. The van der Waals surface area contributed by atoms with Gasteiger partial charge in [-0.25, -0.2) is 0 Å². The van der Waals surface area contributed by atoms with Gasteiger partial charge in [0.05, 0.1) is 0 Å². The highest BCUT2D eigenvalue weighted by molar-refractivity contribution is 9.09. The normalized spacial score (nSPS) is 10.1. The predicted octanol–water partition coefficient (Wildman–Crippen LogP) is 2.81. The lowest BCUT2D eigenvalue weighted by atomic mass is 10.2. The maximum atomic E-state index is 11.2. The van der Waals surface area contributed by atoms with E-state index < -0.39 is 0 Å². The molecule has 0 unspecified atom stereocenters. The molecule has 0 aliphatic carbocycles. The summed E-state index contributed by atoms with van der Waals surface area (Å²) in [5.41, 5.74) is 0. The van der Waals surface area contributed by atoms with Crippen LogP contribution < -0.4 is 5.32 Å². The molecule has 0 saturated heterocycles. The van der Waals surface area contributed by atoms with Gasteiger partial charge < -0.3 is 5.32 Å². The number of hydrogen-bond acceptors (Lipinski definition) is 2. The van der Waals surface area contributed by atoms with Gasteiger partial charge in [-0.2, -0.15) is 11.8 Å². The zero-order valence-electron chi connectivity index (χ0n) is 8.85. The molecule has 0 aliphatic rings. The highest BCUT2D eigenvalue weighted by Crippen LogP contribution is 2.00. The largest absolute Gasteiger partial charge is 0.356 e. The van der Waals surface area contributed by atoms with Crippen LogP contribution in [0.2, 0.25) is 0 Å². The van der Waals surface area contributed by atoms with E-state index in [1.807, 2.05) is 11.8 Å². The van der Waals surface area contributed by atoms with Crippen molar-refractivity contribution in [3.63, 3.8) is 0 Å². The first-order valence-corrected chi connectivity index (χ1v) is 7.64. The lowest BCUT2D eigenvalue weighted by molar-refractivity contribution is -0.121. The van der Waals surface area contributed by atoms with Crippen molar-refractivity contribution in [3.05, 3.63) is 0 Å². The maximum absolute atomic E-state index is 11.2. The molecule has 0 aromatic rings. The molecule has 0 fully saturated rings. The topological polar surface area (TPSA) is 29.1 Å². The van der Waals surface area contributed by atoms with E-state index in [-0.39, 0.29) is 5.91 Å². The van der Waals surface area contributed by atoms with Gasteiger partial charge in [0.1, 0.15) is 0 Å². The quantitative estimate of drug-likeness (QED) is 0.520. The van der Waals surface area contributed by atoms with Crippen LogP contribution in [0.3, 0.4) is 0 Å². The van der Waals surface area contributed by atoms with Gasteiger partial charge in [0.25, 0.3) is 0 Å². The molecule has 1 amide bonds. The summed E-state index contributed by atoms with van der Waals surface area (Å²) in [5, 5.41) is 3.93. The molecule has 0 aromatic carbocycles. The van der Waals surface area contributed by atoms with E-state index in [1.165, 1.54) is 12.2 Å². The zero-order valence-corrected chi connectivity index (χ0v) is 11.3. The Balaban J connectivity index is 3.10. The minimum atomic E-state index is 0.204. The third kappa shape index (κ3) is 10.4. The van der Waals surface area contributed by atoms with Crippen molar-refractivity contribution in [3.8, 4) is 0 Å². The van der Waals surface area contributed by atoms with Crippen LogP contribution in [0.15, 0.2) is 0 Å². The summed E-state index contributed by atoms with van der Waals surface area (Å²) in [5.74, 6) is 1.40. The Morgan fingerprint density at radius 3 is 2.71 bits per heavy atom. The van der Waals surface area contributed by atoms with E-state index in [4.69, 9.17) is 0 Å². The lowest BCUT2D eigenvalue weighted by Gasteiger charge is -2.03. The summed E-state index contributed by atoms with van der Waals surface area (Å²) >= 11 is 5.21. The van der Waals surface area contributed by atoms with Crippen LogP contribution in [0.1, 0.15) is 32.1 Å². The van der Waals surface area contributed by atoms with Gasteiger partial charge in [-0.1, -0.05) is 15.9 Å². The van der Waals surface area contributed by atoms with Gasteiger partial charge in [-0.3, -0.25) is 4.79 Å². The van der Waals surface area contributed by atoms with E-state index in [2.05, 4.69) is 27.5 Å². The van der Waals surface area contributed by atoms with Crippen molar-refractivity contribution in [1.82, 2.24) is 5.32 Å². The summed E-state index contributed by atoms with van der Waals surface area (Å²) in [6.07, 6.45) is 7.16. The Morgan fingerprint density at radius 2 is 2.07 bits per heavy atom. The third-order valence-electron chi connectivity index (χ3n) is 1.88. The van der Waals surface area contributed by atoms with Crippen molar-refractivity contribution in [1.29, 1.82) is 0 Å². The van der Waals surface area contributed by atoms with E-state index in [0.717, 1.165) is 31.1 Å².